The highest BCUT2D eigenvalue weighted by atomic mass is 32.1. The largest absolute Gasteiger partial charge is 0.489 e. The molecule has 3 aromatic rings. The van der Waals surface area contributed by atoms with Crippen molar-refractivity contribution in [2.24, 2.45) is 0 Å². The van der Waals surface area contributed by atoms with Gasteiger partial charge < -0.3 is 10.1 Å². The predicted molar refractivity (Wildman–Crippen MR) is 107 cm³/mol. The number of thiocarbonyl (C=S) groups is 1. The lowest BCUT2D eigenvalue weighted by atomic mass is 10.2. The SMILES string of the molecule is O=C(NC(=S)Nc1cccc(F)c1)c1ccc(OCc2ccccc2)cc1. The van der Waals surface area contributed by atoms with Crippen molar-refractivity contribution in [1.82, 2.24) is 5.32 Å². The van der Waals surface area contributed by atoms with Crippen LogP contribution < -0.4 is 15.4 Å². The van der Waals surface area contributed by atoms with Crippen LogP contribution in [0.25, 0.3) is 0 Å². The monoisotopic (exact) mass is 380 g/mol. The van der Waals surface area contributed by atoms with E-state index in [9.17, 15) is 9.18 Å². The molecule has 0 aliphatic heterocycles. The molecule has 0 aliphatic carbocycles. The van der Waals surface area contributed by atoms with E-state index in [1.165, 1.54) is 12.1 Å². The van der Waals surface area contributed by atoms with Gasteiger partial charge >= 0.3 is 0 Å². The fourth-order valence-corrected chi connectivity index (χ4v) is 2.56. The zero-order valence-corrected chi connectivity index (χ0v) is 15.1. The van der Waals surface area contributed by atoms with E-state index < -0.39 is 0 Å². The van der Waals surface area contributed by atoms with E-state index in [-0.39, 0.29) is 16.8 Å². The first-order valence-corrected chi connectivity index (χ1v) is 8.66. The van der Waals surface area contributed by atoms with E-state index in [1.807, 2.05) is 30.3 Å². The highest BCUT2D eigenvalue weighted by molar-refractivity contribution is 7.80. The number of rotatable bonds is 5. The molecule has 0 heterocycles. The molecule has 136 valence electrons. The summed E-state index contributed by atoms with van der Waals surface area (Å²) in [5, 5.41) is 5.42. The average molecular weight is 380 g/mol. The van der Waals surface area contributed by atoms with Gasteiger partial charge in [-0.15, -0.1) is 0 Å². The summed E-state index contributed by atoms with van der Waals surface area (Å²) in [6.07, 6.45) is 0. The third kappa shape index (κ3) is 5.62. The highest BCUT2D eigenvalue weighted by Gasteiger charge is 2.08. The zero-order chi connectivity index (χ0) is 19.1. The van der Waals surface area contributed by atoms with Gasteiger partial charge in [-0.1, -0.05) is 36.4 Å². The Hall–Kier alpha value is -3.25. The fraction of sp³-hybridized carbons (Fsp3) is 0.0476. The molecule has 0 atom stereocenters. The second-order valence-corrected chi connectivity index (χ2v) is 6.13. The molecule has 1 amide bonds. The van der Waals surface area contributed by atoms with Gasteiger partial charge in [-0.2, -0.15) is 0 Å². The first-order valence-electron chi connectivity index (χ1n) is 8.25. The summed E-state index contributed by atoms with van der Waals surface area (Å²) >= 11 is 5.09. The van der Waals surface area contributed by atoms with Crippen LogP contribution in [0.3, 0.4) is 0 Å². The number of carbonyl (C=O) groups is 1. The summed E-state index contributed by atoms with van der Waals surface area (Å²) in [4.78, 5) is 12.2. The van der Waals surface area contributed by atoms with Crippen LogP contribution in [0.1, 0.15) is 15.9 Å². The minimum Gasteiger partial charge on any atom is -0.489 e. The van der Waals surface area contributed by atoms with Gasteiger partial charge in [0, 0.05) is 11.3 Å². The predicted octanol–water partition coefficient (Wildman–Crippen LogP) is 4.53. The first-order chi connectivity index (χ1) is 13.1. The van der Waals surface area contributed by atoms with Crippen molar-refractivity contribution < 1.29 is 13.9 Å². The normalized spacial score (nSPS) is 10.1. The molecule has 3 rings (SSSR count). The number of anilines is 1. The molecule has 6 heteroatoms. The number of hydrogen-bond donors (Lipinski definition) is 2. The summed E-state index contributed by atoms with van der Waals surface area (Å²) < 4.78 is 18.9. The van der Waals surface area contributed by atoms with Crippen LogP contribution in [0.15, 0.2) is 78.9 Å². The van der Waals surface area contributed by atoms with Crippen LogP contribution >= 0.6 is 12.2 Å². The van der Waals surface area contributed by atoms with Crippen molar-refractivity contribution in [3.63, 3.8) is 0 Å². The molecule has 0 unspecified atom stereocenters. The van der Waals surface area contributed by atoms with E-state index in [1.54, 1.807) is 36.4 Å². The number of nitrogens with one attached hydrogen (secondary N) is 2. The number of carbonyl (C=O) groups excluding carboxylic acids is 1. The Kier molecular flexibility index (Phi) is 6.12. The number of benzene rings is 3. The van der Waals surface area contributed by atoms with Gasteiger partial charge in [-0.05, 0) is 60.2 Å². The van der Waals surface area contributed by atoms with Gasteiger partial charge in [0.05, 0.1) is 0 Å². The third-order valence-corrected chi connectivity index (χ3v) is 3.88. The quantitative estimate of drug-likeness (QED) is 0.639. The van der Waals surface area contributed by atoms with E-state index in [0.29, 0.717) is 23.6 Å². The molecule has 0 saturated heterocycles. The standard InChI is InChI=1S/C21H17FN2O2S/c22-17-7-4-8-18(13-17)23-21(27)24-20(25)16-9-11-19(12-10-16)26-14-15-5-2-1-3-6-15/h1-13H,14H2,(H2,23,24,25,27). The van der Waals surface area contributed by atoms with Crippen molar-refractivity contribution in [2.75, 3.05) is 5.32 Å². The van der Waals surface area contributed by atoms with Gasteiger partial charge in [0.1, 0.15) is 18.2 Å². The second kappa shape index (κ2) is 8.91. The van der Waals surface area contributed by atoms with Gasteiger partial charge in [0.15, 0.2) is 5.11 Å². The molecule has 4 nitrogen and oxygen atoms in total. The Bertz CT molecular complexity index is 930. The van der Waals surface area contributed by atoms with Crippen LogP contribution in [0, 0.1) is 5.82 Å². The molecule has 3 aromatic carbocycles. The van der Waals surface area contributed by atoms with E-state index in [2.05, 4.69) is 10.6 Å². The summed E-state index contributed by atoms with van der Waals surface area (Å²) in [7, 11) is 0. The van der Waals surface area contributed by atoms with Crippen LogP contribution in [0.5, 0.6) is 5.75 Å². The number of halogens is 1. The fourth-order valence-electron chi connectivity index (χ4n) is 2.35. The Morgan fingerprint density at radius 1 is 0.963 bits per heavy atom. The lowest BCUT2D eigenvalue weighted by molar-refractivity contribution is 0.0977. The molecule has 0 bridgehead atoms. The molecule has 0 aliphatic rings. The molecule has 0 aromatic heterocycles. The van der Waals surface area contributed by atoms with Crippen LogP contribution in [0.4, 0.5) is 10.1 Å². The minimum absolute atomic E-state index is 0.0926. The number of hydrogen-bond acceptors (Lipinski definition) is 3. The molecule has 2 N–H and O–H groups in total. The second-order valence-electron chi connectivity index (χ2n) is 5.72. The smallest absolute Gasteiger partial charge is 0.257 e. The van der Waals surface area contributed by atoms with Crippen molar-refractivity contribution in [2.45, 2.75) is 6.61 Å². The minimum atomic E-state index is -0.389. The van der Waals surface area contributed by atoms with Crippen molar-refractivity contribution >= 4 is 28.9 Å². The molecule has 0 spiro atoms. The molecular formula is C21H17FN2O2S. The summed E-state index contributed by atoms with van der Waals surface area (Å²) in [6, 6.07) is 22.4. The maximum absolute atomic E-state index is 13.2. The maximum atomic E-state index is 13.2. The third-order valence-electron chi connectivity index (χ3n) is 3.67. The Balaban J connectivity index is 1.53. The van der Waals surface area contributed by atoms with Crippen LogP contribution in [0.2, 0.25) is 0 Å². The first kappa shape index (κ1) is 18.5. The topological polar surface area (TPSA) is 50.4 Å². The highest BCUT2D eigenvalue weighted by Crippen LogP contribution is 2.14. The lowest BCUT2D eigenvalue weighted by Crippen LogP contribution is -2.34. The molecular weight excluding hydrogens is 363 g/mol. The van der Waals surface area contributed by atoms with Gasteiger partial charge in [0.2, 0.25) is 0 Å². The Labute approximate surface area is 162 Å². The zero-order valence-electron chi connectivity index (χ0n) is 14.3. The van der Waals surface area contributed by atoms with Gasteiger partial charge in [-0.3, -0.25) is 10.1 Å². The average Bonchev–Trinajstić information content (AvgIpc) is 2.67. The van der Waals surface area contributed by atoms with E-state index >= 15 is 0 Å². The summed E-state index contributed by atoms with van der Waals surface area (Å²) in [5.74, 6) is -0.0883. The molecule has 27 heavy (non-hydrogen) atoms. The Morgan fingerprint density at radius 3 is 2.41 bits per heavy atom. The maximum Gasteiger partial charge on any atom is 0.257 e. The van der Waals surface area contributed by atoms with Crippen LogP contribution in [-0.2, 0) is 6.61 Å². The molecule has 0 fully saturated rings. The van der Waals surface area contributed by atoms with Gasteiger partial charge in [-0.25, -0.2) is 4.39 Å². The molecule has 0 radical (unpaired) electrons. The number of ether oxygens (including phenoxy) is 1. The lowest BCUT2D eigenvalue weighted by Gasteiger charge is -2.10. The van der Waals surface area contributed by atoms with Crippen molar-refractivity contribution in [3.8, 4) is 5.75 Å². The summed E-state index contributed by atoms with van der Waals surface area (Å²) in [6.45, 7) is 0.452. The van der Waals surface area contributed by atoms with Crippen molar-refractivity contribution in [3.05, 3.63) is 95.8 Å². The Morgan fingerprint density at radius 2 is 1.70 bits per heavy atom. The van der Waals surface area contributed by atoms with Crippen LogP contribution in [-0.4, -0.2) is 11.0 Å². The molecule has 0 saturated carbocycles. The van der Waals surface area contributed by atoms with E-state index in [4.69, 9.17) is 17.0 Å². The van der Waals surface area contributed by atoms with E-state index in [0.717, 1.165) is 5.56 Å². The van der Waals surface area contributed by atoms with Gasteiger partial charge in [0.25, 0.3) is 5.91 Å². The number of amides is 1. The van der Waals surface area contributed by atoms with Crippen molar-refractivity contribution in [1.29, 1.82) is 0 Å². The summed E-state index contributed by atoms with van der Waals surface area (Å²) in [5.41, 5.74) is 1.96.